The SMILES string of the molecule is CSC(C)/C(C(=O)O)=C(\C)N. The maximum Gasteiger partial charge on any atom is 0.334 e. The van der Waals surface area contributed by atoms with Crippen molar-refractivity contribution < 1.29 is 9.90 Å². The molecule has 0 aromatic rings. The third kappa shape index (κ3) is 2.84. The van der Waals surface area contributed by atoms with Crippen molar-refractivity contribution >= 4 is 17.7 Å². The molecule has 3 nitrogen and oxygen atoms in total. The topological polar surface area (TPSA) is 63.3 Å². The molecule has 4 heteroatoms. The highest BCUT2D eigenvalue weighted by molar-refractivity contribution is 7.99. The van der Waals surface area contributed by atoms with Crippen LogP contribution in [-0.4, -0.2) is 22.6 Å². The van der Waals surface area contributed by atoms with Gasteiger partial charge in [0.15, 0.2) is 0 Å². The Bertz CT molecular complexity index is 185. The lowest BCUT2D eigenvalue weighted by molar-refractivity contribution is -0.132. The Balaban J connectivity index is 4.63. The molecule has 0 radical (unpaired) electrons. The van der Waals surface area contributed by atoms with Crippen molar-refractivity contribution in [2.24, 2.45) is 5.73 Å². The highest BCUT2D eigenvalue weighted by atomic mass is 32.2. The summed E-state index contributed by atoms with van der Waals surface area (Å²) in [7, 11) is 0. The molecule has 0 bridgehead atoms. The lowest BCUT2D eigenvalue weighted by atomic mass is 10.1. The molecule has 0 aliphatic heterocycles. The molecule has 11 heavy (non-hydrogen) atoms. The second-order valence-corrected chi connectivity index (χ2v) is 3.46. The summed E-state index contributed by atoms with van der Waals surface area (Å²) in [6.07, 6.45) is 1.86. The highest BCUT2D eigenvalue weighted by Crippen LogP contribution is 2.17. The fourth-order valence-electron chi connectivity index (χ4n) is 0.781. The molecule has 0 saturated heterocycles. The molecule has 1 unspecified atom stereocenters. The predicted molar refractivity (Wildman–Crippen MR) is 47.5 cm³/mol. The summed E-state index contributed by atoms with van der Waals surface area (Å²) < 4.78 is 0. The minimum atomic E-state index is -0.924. The van der Waals surface area contributed by atoms with E-state index >= 15 is 0 Å². The number of carboxylic acids is 1. The van der Waals surface area contributed by atoms with Gasteiger partial charge < -0.3 is 10.8 Å². The number of nitrogens with two attached hydrogens (primary N) is 1. The molecule has 0 aromatic heterocycles. The Morgan fingerprint density at radius 3 is 2.18 bits per heavy atom. The van der Waals surface area contributed by atoms with E-state index in [1.54, 1.807) is 6.92 Å². The molecule has 1 atom stereocenters. The fourth-order valence-corrected chi connectivity index (χ4v) is 1.30. The van der Waals surface area contributed by atoms with Crippen LogP contribution in [-0.2, 0) is 4.79 Å². The molecule has 0 heterocycles. The summed E-state index contributed by atoms with van der Waals surface area (Å²) in [5.74, 6) is -0.924. The number of allylic oxidation sites excluding steroid dienone is 1. The number of hydrogen-bond acceptors (Lipinski definition) is 3. The van der Waals surface area contributed by atoms with Crippen molar-refractivity contribution in [3.63, 3.8) is 0 Å². The molecule has 0 fully saturated rings. The zero-order valence-electron chi connectivity index (χ0n) is 6.92. The number of aliphatic carboxylic acids is 1. The zero-order valence-corrected chi connectivity index (χ0v) is 7.73. The van der Waals surface area contributed by atoms with Crippen LogP contribution in [0.15, 0.2) is 11.3 Å². The van der Waals surface area contributed by atoms with E-state index in [-0.39, 0.29) is 5.25 Å². The van der Waals surface area contributed by atoms with Crippen molar-refractivity contribution in [1.82, 2.24) is 0 Å². The van der Waals surface area contributed by atoms with E-state index in [2.05, 4.69) is 0 Å². The van der Waals surface area contributed by atoms with Gasteiger partial charge in [-0.1, -0.05) is 0 Å². The van der Waals surface area contributed by atoms with Crippen LogP contribution in [0.1, 0.15) is 13.8 Å². The van der Waals surface area contributed by atoms with Gasteiger partial charge in [0.25, 0.3) is 0 Å². The highest BCUT2D eigenvalue weighted by Gasteiger charge is 2.16. The maximum atomic E-state index is 10.6. The molecule has 0 spiro atoms. The number of carbonyl (C=O) groups is 1. The van der Waals surface area contributed by atoms with E-state index < -0.39 is 5.97 Å². The summed E-state index contributed by atoms with van der Waals surface area (Å²) in [6.45, 7) is 3.43. The van der Waals surface area contributed by atoms with Crippen LogP contribution < -0.4 is 5.73 Å². The average Bonchev–Trinajstić information content (AvgIpc) is 1.85. The third-order valence-electron chi connectivity index (χ3n) is 1.42. The van der Waals surface area contributed by atoms with Crippen molar-refractivity contribution in [1.29, 1.82) is 0 Å². The summed E-state index contributed by atoms with van der Waals surface area (Å²) in [4.78, 5) is 10.6. The summed E-state index contributed by atoms with van der Waals surface area (Å²) in [5.41, 5.74) is 6.09. The Kier molecular flexibility index (Phi) is 4.03. The standard InChI is InChI=1S/C7H13NO2S/c1-4(8)6(7(9)10)5(2)11-3/h5H,8H2,1-3H3,(H,9,10)/b6-4-. The molecular weight excluding hydrogens is 162 g/mol. The molecule has 64 valence electrons. The van der Waals surface area contributed by atoms with Crippen molar-refractivity contribution in [3.8, 4) is 0 Å². The van der Waals surface area contributed by atoms with E-state index in [0.717, 1.165) is 0 Å². The second kappa shape index (κ2) is 4.28. The molecule has 0 aromatic carbocycles. The minimum Gasteiger partial charge on any atom is -0.478 e. The predicted octanol–water partition coefficient (Wildman–Crippen LogP) is 1.06. The van der Waals surface area contributed by atoms with Gasteiger partial charge in [0, 0.05) is 10.9 Å². The van der Waals surface area contributed by atoms with Crippen LogP contribution in [0.4, 0.5) is 0 Å². The average molecular weight is 175 g/mol. The van der Waals surface area contributed by atoms with E-state index in [9.17, 15) is 4.79 Å². The van der Waals surface area contributed by atoms with Crippen molar-refractivity contribution in [2.75, 3.05) is 6.26 Å². The molecule has 0 rings (SSSR count). The van der Waals surface area contributed by atoms with Crippen LogP contribution in [0, 0.1) is 0 Å². The van der Waals surface area contributed by atoms with Gasteiger partial charge in [0.2, 0.25) is 0 Å². The fraction of sp³-hybridized carbons (Fsp3) is 0.571. The van der Waals surface area contributed by atoms with Gasteiger partial charge in [-0.2, -0.15) is 11.8 Å². The van der Waals surface area contributed by atoms with Crippen LogP contribution >= 0.6 is 11.8 Å². The molecule has 0 amide bonds. The molecule has 0 aliphatic carbocycles. The van der Waals surface area contributed by atoms with Gasteiger partial charge in [0.05, 0.1) is 5.57 Å². The number of hydrogen-bond donors (Lipinski definition) is 2. The van der Waals surface area contributed by atoms with Crippen LogP contribution in [0.25, 0.3) is 0 Å². The molecule has 0 aliphatic rings. The third-order valence-corrected chi connectivity index (χ3v) is 2.36. The first-order valence-electron chi connectivity index (χ1n) is 3.23. The monoisotopic (exact) mass is 175 g/mol. The Labute approximate surface area is 70.7 Å². The second-order valence-electron chi connectivity index (χ2n) is 2.28. The van der Waals surface area contributed by atoms with Gasteiger partial charge >= 0.3 is 5.97 Å². The zero-order chi connectivity index (χ0) is 9.02. The lowest BCUT2D eigenvalue weighted by Crippen LogP contribution is -2.16. The largest absolute Gasteiger partial charge is 0.478 e. The Hall–Kier alpha value is -0.640. The summed E-state index contributed by atoms with van der Waals surface area (Å²) in [5, 5.41) is 8.65. The van der Waals surface area contributed by atoms with Gasteiger partial charge in [0.1, 0.15) is 0 Å². The smallest absolute Gasteiger partial charge is 0.334 e. The Morgan fingerprint density at radius 2 is 2.09 bits per heavy atom. The number of rotatable bonds is 3. The van der Waals surface area contributed by atoms with Gasteiger partial charge in [-0.25, -0.2) is 4.79 Å². The summed E-state index contributed by atoms with van der Waals surface area (Å²) in [6, 6.07) is 0. The normalized spacial score (nSPS) is 15.5. The van der Waals surface area contributed by atoms with E-state index in [1.165, 1.54) is 11.8 Å². The number of thioether (sulfide) groups is 1. The first-order chi connectivity index (χ1) is 5.00. The molecular formula is C7H13NO2S. The molecule has 0 saturated carbocycles. The van der Waals surface area contributed by atoms with E-state index in [0.29, 0.717) is 11.3 Å². The quantitative estimate of drug-likeness (QED) is 0.629. The van der Waals surface area contributed by atoms with Crippen LogP contribution in [0.3, 0.4) is 0 Å². The summed E-state index contributed by atoms with van der Waals surface area (Å²) >= 11 is 1.47. The minimum absolute atomic E-state index is 0.0440. The van der Waals surface area contributed by atoms with Crippen molar-refractivity contribution in [3.05, 3.63) is 11.3 Å². The number of carboxylic acid groups (broad SMARTS) is 1. The van der Waals surface area contributed by atoms with Crippen LogP contribution in [0.2, 0.25) is 0 Å². The van der Waals surface area contributed by atoms with Gasteiger partial charge in [-0.3, -0.25) is 0 Å². The lowest BCUT2D eigenvalue weighted by Gasteiger charge is -2.10. The van der Waals surface area contributed by atoms with Crippen molar-refractivity contribution in [2.45, 2.75) is 19.1 Å². The first kappa shape index (κ1) is 10.4. The first-order valence-corrected chi connectivity index (χ1v) is 4.51. The van der Waals surface area contributed by atoms with E-state index in [1.807, 2.05) is 13.2 Å². The van der Waals surface area contributed by atoms with Crippen LogP contribution in [0.5, 0.6) is 0 Å². The van der Waals surface area contributed by atoms with Gasteiger partial charge in [-0.15, -0.1) is 0 Å². The maximum absolute atomic E-state index is 10.6. The van der Waals surface area contributed by atoms with E-state index in [4.69, 9.17) is 10.8 Å². The van der Waals surface area contributed by atoms with Gasteiger partial charge in [-0.05, 0) is 20.1 Å². The Morgan fingerprint density at radius 1 is 1.64 bits per heavy atom. The molecule has 3 N–H and O–H groups in total.